The number of tetrazole rings is 1. The number of carbonyl (C=O) groups excluding carboxylic acids is 1. The molecule has 1 amide bonds. The molecule has 1 N–H and O–H groups in total. The summed E-state index contributed by atoms with van der Waals surface area (Å²) in [5.41, 5.74) is 0. The highest BCUT2D eigenvalue weighted by atomic mass is 16.2. The van der Waals surface area contributed by atoms with Gasteiger partial charge in [-0.15, -0.1) is 5.10 Å². The maximum Gasteiger partial charge on any atom is 0.244 e. The standard InChI is InChI=1S/C9H16N6O/c1-7-4-15(8(2)3-10-7)9(16)5-14-6-11-12-13-14/h6-8,10H,3-5H2,1-2H3. The van der Waals surface area contributed by atoms with Crippen LogP contribution in [0.3, 0.4) is 0 Å². The summed E-state index contributed by atoms with van der Waals surface area (Å²) in [6, 6.07) is 0.564. The normalized spacial score (nSPS) is 25.8. The molecule has 0 saturated carbocycles. The van der Waals surface area contributed by atoms with E-state index in [1.165, 1.54) is 11.0 Å². The first-order valence-corrected chi connectivity index (χ1v) is 5.40. The van der Waals surface area contributed by atoms with Crippen molar-refractivity contribution in [2.24, 2.45) is 0 Å². The summed E-state index contributed by atoms with van der Waals surface area (Å²) in [6.07, 6.45) is 1.45. The number of rotatable bonds is 2. The number of hydrogen-bond acceptors (Lipinski definition) is 5. The monoisotopic (exact) mass is 224 g/mol. The number of carbonyl (C=O) groups is 1. The molecule has 1 saturated heterocycles. The highest BCUT2D eigenvalue weighted by Crippen LogP contribution is 2.07. The largest absolute Gasteiger partial charge is 0.336 e. The van der Waals surface area contributed by atoms with Crippen molar-refractivity contribution in [3.63, 3.8) is 0 Å². The number of piperazine rings is 1. The van der Waals surface area contributed by atoms with Gasteiger partial charge < -0.3 is 10.2 Å². The molecule has 2 unspecified atom stereocenters. The number of hydrogen-bond donors (Lipinski definition) is 1. The van der Waals surface area contributed by atoms with Gasteiger partial charge in [-0.05, 0) is 24.3 Å². The summed E-state index contributed by atoms with van der Waals surface area (Å²) in [5, 5.41) is 14.0. The Balaban J connectivity index is 1.97. The molecule has 0 aromatic carbocycles. The molecular formula is C9H16N6O. The molecule has 7 nitrogen and oxygen atoms in total. The van der Waals surface area contributed by atoms with E-state index in [1.807, 2.05) is 11.8 Å². The summed E-state index contributed by atoms with van der Waals surface area (Å²) in [7, 11) is 0. The molecule has 2 heterocycles. The van der Waals surface area contributed by atoms with Crippen molar-refractivity contribution in [3.05, 3.63) is 6.33 Å². The van der Waals surface area contributed by atoms with E-state index in [2.05, 4.69) is 27.8 Å². The third-order valence-corrected chi connectivity index (χ3v) is 2.77. The van der Waals surface area contributed by atoms with Crippen molar-refractivity contribution in [1.29, 1.82) is 0 Å². The Bertz CT molecular complexity index is 351. The summed E-state index contributed by atoms with van der Waals surface area (Å²) in [4.78, 5) is 13.9. The van der Waals surface area contributed by atoms with E-state index in [0.29, 0.717) is 6.04 Å². The zero-order valence-corrected chi connectivity index (χ0v) is 9.50. The fourth-order valence-corrected chi connectivity index (χ4v) is 1.85. The fourth-order valence-electron chi connectivity index (χ4n) is 1.85. The maximum absolute atomic E-state index is 12.0. The first kappa shape index (κ1) is 11.0. The highest BCUT2D eigenvalue weighted by molar-refractivity contribution is 5.76. The highest BCUT2D eigenvalue weighted by Gasteiger charge is 2.26. The van der Waals surface area contributed by atoms with Gasteiger partial charge in [0.2, 0.25) is 5.91 Å². The van der Waals surface area contributed by atoms with Gasteiger partial charge in [0.25, 0.3) is 0 Å². The summed E-state index contributed by atoms with van der Waals surface area (Å²) in [5.74, 6) is 0.0631. The van der Waals surface area contributed by atoms with Gasteiger partial charge >= 0.3 is 0 Å². The Hall–Kier alpha value is -1.50. The maximum atomic E-state index is 12.0. The van der Waals surface area contributed by atoms with Crippen molar-refractivity contribution in [3.8, 4) is 0 Å². The predicted octanol–water partition coefficient (Wildman–Crippen LogP) is -1.12. The zero-order chi connectivity index (χ0) is 11.5. The third kappa shape index (κ3) is 2.35. The lowest BCUT2D eigenvalue weighted by molar-refractivity contribution is -0.135. The molecule has 1 aromatic rings. The molecular weight excluding hydrogens is 208 g/mol. The van der Waals surface area contributed by atoms with Gasteiger partial charge in [-0.2, -0.15) is 0 Å². The van der Waals surface area contributed by atoms with Crippen LogP contribution in [-0.4, -0.2) is 56.2 Å². The van der Waals surface area contributed by atoms with E-state index in [0.717, 1.165) is 13.1 Å². The molecule has 1 aliphatic heterocycles. The lowest BCUT2D eigenvalue weighted by Crippen LogP contribution is -2.56. The van der Waals surface area contributed by atoms with E-state index in [1.54, 1.807) is 0 Å². The van der Waals surface area contributed by atoms with Crippen LogP contribution in [0.5, 0.6) is 0 Å². The molecule has 0 aliphatic carbocycles. The van der Waals surface area contributed by atoms with Crippen LogP contribution in [0, 0.1) is 0 Å². The van der Waals surface area contributed by atoms with Gasteiger partial charge in [0.15, 0.2) is 0 Å². The minimum atomic E-state index is 0.0631. The minimum absolute atomic E-state index is 0.0631. The number of nitrogens with zero attached hydrogens (tertiary/aromatic N) is 5. The van der Waals surface area contributed by atoms with E-state index >= 15 is 0 Å². The topological polar surface area (TPSA) is 75.9 Å². The number of aromatic nitrogens is 4. The second-order valence-corrected chi connectivity index (χ2v) is 4.21. The Morgan fingerprint density at radius 1 is 1.56 bits per heavy atom. The molecule has 0 radical (unpaired) electrons. The van der Waals surface area contributed by atoms with E-state index < -0.39 is 0 Å². The van der Waals surface area contributed by atoms with Gasteiger partial charge in [0, 0.05) is 25.2 Å². The molecule has 1 aromatic heterocycles. The lowest BCUT2D eigenvalue weighted by Gasteiger charge is -2.37. The van der Waals surface area contributed by atoms with Gasteiger partial charge in [0.1, 0.15) is 12.9 Å². The number of amides is 1. The second kappa shape index (κ2) is 4.56. The molecule has 0 spiro atoms. The molecule has 2 atom stereocenters. The summed E-state index contributed by atoms with van der Waals surface area (Å²) < 4.78 is 1.45. The van der Waals surface area contributed by atoms with Crippen LogP contribution in [0.4, 0.5) is 0 Å². The molecule has 7 heteroatoms. The third-order valence-electron chi connectivity index (χ3n) is 2.77. The van der Waals surface area contributed by atoms with Crippen molar-refractivity contribution in [2.45, 2.75) is 32.5 Å². The van der Waals surface area contributed by atoms with Crippen molar-refractivity contribution in [1.82, 2.24) is 30.4 Å². The average molecular weight is 224 g/mol. The van der Waals surface area contributed by atoms with Crippen LogP contribution >= 0.6 is 0 Å². The van der Waals surface area contributed by atoms with Crippen LogP contribution in [0.1, 0.15) is 13.8 Å². The summed E-state index contributed by atoms with van der Waals surface area (Å²) >= 11 is 0. The van der Waals surface area contributed by atoms with Crippen LogP contribution in [0.25, 0.3) is 0 Å². The Morgan fingerprint density at radius 3 is 3.06 bits per heavy atom. The van der Waals surface area contributed by atoms with E-state index in [9.17, 15) is 4.79 Å². The van der Waals surface area contributed by atoms with Crippen molar-refractivity contribution >= 4 is 5.91 Å². The molecule has 1 fully saturated rings. The smallest absolute Gasteiger partial charge is 0.244 e. The number of nitrogens with one attached hydrogen (secondary N) is 1. The zero-order valence-electron chi connectivity index (χ0n) is 9.50. The van der Waals surface area contributed by atoms with Crippen LogP contribution in [0.2, 0.25) is 0 Å². The van der Waals surface area contributed by atoms with Crippen LogP contribution in [-0.2, 0) is 11.3 Å². The Morgan fingerprint density at radius 2 is 2.38 bits per heavy atom. The Kier molecular flexibility index (Phi) is 3.14. The van der Waals surface area contributed by atoms with Gasteiger partial charge in [0.05, 0.1) is 0 Å². The minimum Gasteiger partial charge on any atom is -0.336 e. The predicted molar refractivity (Wildman–Crippen MR) is 56.5 cm³/mol. The van der Waals surface area contributed by atoms with Crippen LogP contribution in [0.15, 0.2) is 6.33 Å². The van der Waals surface area contributed by atoms with Gasteiger partial charge in [-0.25, -0.2) is 4.68 Å². The average Bonchev–Trinajstić information content (AvgIpc) is 2.74. The SMILES string of the molecule is CC1CN(C(=O)Cn2cnnn2)C(C)CN1. The lowest BCUT2D eigenvalue weighted by atomic mass is 10.1. The van der Waals surface area contributed by atoms with Gasteiger partial charge in [-0.3, -0.25) is 4.79 Å². The van der Waals surface area contributed by atoms with Gasteiger partial charge in [-0.1, -0.05) is 0 Å². The fraction of sp³-hybridized carbons (Fsp3) is 0.778. The molecule has 2 rings (SSSR count). The van der Waals surface area contributed by atoms with Crippen molar-refractivity contribution in [2.75, 3.05) is 13.1 Å². The molecule has 16 heavy (non-hydrogen) atoms. The van der Waals surface area contributed by atoms with E-state index in [4.69, 9.17) is 0 Å². The second-order valence-electron chi connectivity index (χ2n) is 4.21. The quantitative estimate of drug-likeness (QED) is 0.689. The molecule has 88 valence electrons. The first-order valence-electron chi connectivity index (χ1n) is 5.40. The van der Waals surface area contributed by atoms with Crippen LogP contribution < -0.4 is 5.32 Å². The molecule has 1 aliphatic rings. The van der Waals surface area contributed by atoms with E-state index in [-0.39, 0.29) is 18.5 Å². The van der Waals surface area contributed by atoms with Crippen molar-refractivity contribution < 1.29 is 4.79 Å². The molecule has 0 bridgehead atoms. The summed E-state index contributed by atoms with van der Waals surface area (Å²) in [6.45, 7) is 5.90. The Labute approximate surface area is 93.8 Å². The first-order chi connectivity index (χ1) is 7.66.